The zero-order valence-electron chi connectivity index (χ0n) is 22.8. The molecule has 0 atom stereocenters. The SMILES string of the molecule is CN(C)Cc1c(CC(=O)Nc2ccc(F)cc2)ccc2c(CCC3CCN(Cc4ccccc4)CC3)noc12. The molecule has 1 fully saturated rings. The monoisotopic (exact) mass is 528 g/mol. The quantitative estimate of drug-likeness (QED) is 0.271. The summed E-state index contributed by atoms with van der Waals surface area (Å²) in [6.45, 7) is 3.94. The van der Waals surface area contributed by atoms with Gasteiger partial charge in [-0.3, -0.25) is 9.69 Å². The second-order valence-electron chi connectivity index (χ2n) is 10.9. The molecule has 0 spiro atoms. The molecule has 5 rings (SSSR count). The number of aryl methyl sites for hydroxylation is 1. The number of halogens is 1. The van der Waals surface area contributed by atoms with Crippen molar-refractivity contribution in [2.45, 2.75) is 45.2 Å². The summed E-state index contributed by atoms with van der Waals surface area (Å²) in [5.41, 5.74) is 5.61. The topological polar surface area (TPSA) is 61.6 Å². The Balaban J connectivity index is 1.22. The number of carbonyl (C=O) groups is 1. The molecule has 0 aliphatic carbocycles. The Bertz CT molecular complexity index is 1380. The van der Waals surface area contributed by atoms with Crippen LogP contribution in [0, 0.1) is 11.7 Å². The summed E-state index contributed by atoms with van der Waals surface area (Å²) in [5, 5.41) is 8.37. The predicted molar refractivity (Wildman–Crippen MR) is 153 cm³/mol. The van der Waals surface area contributed by atoms with E-state index in [4.69, 9.17) is 4.52 Å². The minimum atomic E-state index is -0.332. The van der Waals surface area contributed by atoms with Crippen LogP contribution in [0.1, 0.15) is 41.6 Å². The highest BCUT2D eigenvalue weighted by Gasteiger charge is 2.22. The van der Waals surface area contributed by atoms with Gasteiger partial charge in [-0.15, -0.1) is 0 Å². The smallest absolute Gasteiger partial charge is 0.228 e. The molecule has 3 aromatic carbocycles. The molecule has 0 saturated carbocycles. The number of fused-ring (bicyclic) bond motifs is 1. The number of amides is 1. The van der Waals surface area contributed by atoms with Gasteiger partial charge in [0, 0.05) is 29.7 Å². The fraction of sp³-hybridized carbons (Fsp3) is 0.375. The van der Waals surface area contributed by atoms with Crippen LogP contribution in [0.3, 0.4) is 0 Å². The molecule has 6 nitrogen and oxygen atoms in total. The number of nitrogens with zero attached hydrogens (tertiary/aromatic N) is 3. The summed E-state index contributed by atoms with van der Waals surface area (Å²) >= 11 is 0. The maximum absolute atomic E-state index is 13.2. The highest BCUT2D eigenvalue weighted by molar-refractivity contribution is 5.93. The van der Waals surface area contributed by atoms with Gasteiger partial charge in [-0.2, -0.15) is 0 Å². The number of hydrogen-bond donors (Lipinski definition) is 1. The minimum absolute atomic E-state index is 0.153. The number of likely N-dealkylation sites (tertiary alicyclic amines) is 1. The number of carbonyl (C=O) groups excluding carboxylic acids is 1. The summed E-state index contributed by atoms with van der Waals surface area (Å²) in [7, 11) is 4.01. The van der Waals surface area contributed by atoms with Crippen molar-refractivity contribution in [2.75, 3.05) is 32.5 Å². The van der Waals surface area contributed by atoms with E-state index in [-0.39, 0.29) is 18.1 Å². The molecule has 1 aliphatic rings. The standard InChI is InChI=1S/C32H37FN4O2/c1-36(2)22-29-25(20-31(38)34-27-12-10-26(33)11-13-27)9-14-28-30(35-39-32(28)29)15-8-23-16-18-37(19-17-23)21-24-6-4-3-5-7-24/h3-7,9-14,23H,8,15-22H2,1-2H3,(H,34,38). The van der Waals surface area contributed by atoms with Gasteiger partial charge >= 0.3 is 0 Å². The van der Waals surface area contributed by atoms with Gasteiger partial charge in [0.1, 0.15) is 5.82 Å². The zero-order chi connectivity index (χ0) is 27.2. The second-order valence-corrected chi connectivity index (χ2v) is 10.9. The molecule has 7 heteroatoms. The number of piperidine rings is 1. The van der Waals surface area contributed by atoms with Gasteiger partial charge in [0.25, 0.3) is 0 Å². The van der Waals surface area contributed by atoms with Crippen LogP contribution in [0.2, 0.25) is 0 Å². The third kappa shape index (κ3) is 7.11. The Labute approximate surface area is 229 Å². The van der Waals surface area contributed by atoms with E-state index in [1.165, 1.54) is 30.5 Å². The van der Waals surface area contributed by atoms with Gasteiger partial charge in [0.2, 0.25) is 5.91 Å². The Kier molecular flexibility index (Phi) is 8.69. The average Bonchev–Trinajstić information content (AvgIpc) is 3.34. The molecule has 1 aliphatic heterocycles. The Hall–Kier alpha value is -3.55. The van der Waals surface area contributed by atoms with E-state index < -0.39 is 0 Å². The maximum Gasteiger partial charge on any atom is 0.228 e. The third-order valence-electron chi connectivity index (χ3n) is 7.61. The lowest BCUT2D eigenvalue weighted by molar-refractivity contribution is -0.115. The highest BCUT2D eigenvalue weighted by atomic mass is 19.1. The fourth-order valence-corrected chi connectivity index (χ4v) is 5.51. The fourth-order valence-electron chi connectivity index (χ4n) is 5.51. The molecule has 4 aromatic rings. The van der Waals surface area contributed by atoms with Crippen LogP contribution >= 0.6 is 0 Å². The molecule has 2 heterocycles. The molecular weight excluding hydrogens is 491 g/mol. The molecule has 1 N–H and O–H groups in total. The largest absolute Gasteiger partial charge is 0.356 e. The van der Waals surface area contributed by atoms with E-state index in [1.54, 1.807) is 12.1 Å². The van der Waals surface area contributed by atoms with Crippen LogP contribution in [-0.4, -0.2) is 48.0 Å². The van der Waals surface area contributed by atoms with E-state index in [2.05, 4.69) is 50.6 Å². The van der Waals surface area contributed by atoms with Crippen molar-refractivity contribution in [1.29, 1.82) is 0 Å². The molecule has 1 saturated heterocycles. The molecule has 204 valence electrons. The first-order valence-electron chi connectivity index (χ1n) is 13.8. The van der Waals surface area contributed by atoms with Crippen molar-refractivity contribution in [2.24, 2.45) is 5.92 Å². The van der Waals surface area contributed by atoms with Crippen molar-refractivity contribution in [3.05, 3.63) is 94.9 Å². The molecule has 0 radical (unpaired) electrons. The van der Waals surface area contributed by atoms with E-state index in [0.717, 1.165) is 60.3 Å². The Morgan fingerprint density at radius 1 is 1.05 bits per heavy atom. The predicted octanol–water partition coefficient (Wildman–Crippen LogP) is 6.05. The van der Waals surface area contributed by atoms with E-state index >= 15 is 0 Å². The molecule has 1 aromatic heterocycles. The van der Waals surface area contributed by atoms with Crippen molar-refractivity contribution in [3.63, 3.8) is 0 Å². The first-order valence-corrected chi connectivity index (χ1v) is 13.8. The lowest BCUT2D eigenvalue weighted by atomic mass is 9.90. The van der Waals surface area contributed by atoms with Crippen molar-refractivity contribution in [3.8, 4) is 0 Å². The van der Waals surface area contributed by atoms with Crippen LogP contribution in [0.15, 0.2) is 71.3 Å². The van der Waals surface area contributed by atoms with E-state index in [0.29, 0.717) is 18.2 Å². The van der Waals surface area contributed by atoms with Crippen LogP contribution < -0.4 is 5.32 Å². The number of rotatable bonds is 10. The summed E-state index contributed by atoms with van der Waals surface area (Å²) in [4.78, 5) is 17.4. The number of benzene rings is 3. The lowest BCUT2D eigenvalue weighted by Crippen LogP contribution is -2.33. The zero-order valence-corrected chi connectivity index (χ0v) is 22.8. The first kappa shape index (κ1) is 27.0. The average molecular weight is 529 g/mol. The van der Waals surface area contributed by atoms with Gasteiger partial charge in [-0.25, -0.2) is 4.39 Å². The van der Waals surface area contributed by atoms with Gasteiger partial charge in [-0.05, 0) is 100 Å². The molecule has 1 amide bonds. The second kappa shape index (κ2) is 12.5. The summed E-state index contributed by atoms with van der Waals surface area (Å²) in [5.74, 6) is 0.208. The van der Waals surface area contributed by atoms with Crippen LogP contribution in [0.25, 0.3) is 11.0 Å². The highest BCUT2D eigenvalue weighted by Crippen LogP contribution is 2.30. The van der Waals surface area contributed by atoms with Crippen LogP contribution in [-0.2, 0) is 30.7 Å². The maximum atomic E-state index is 13.2. The van der Waals surface area contributed by atoms with Crippen molar-refractivity contribution in [1.82, 2.24) is 15.0 Å². The number of hydrogen-bond acceptors (Lipinski definition) is 5. The van der Waals surface area contributed by atoms with Crippen molar-refractivity contribution < 1.29 is 13.7 Å². The normalized spacial score (nSPS) is 14.8. The summed E-state index contributed by atoms with van der Waals surface area (Å²) < 4.78 is 19.1. The number of anilines is 1. The third-order valence-corrected chi connectivity index (χ3v) is 7.61. The van der Waals surface area contributed by atoms with Crippen molar-refractivity contribution >= 4 is 22.6 Å². The molecule has 0 unspecified atom stereocenters. The minimum Gasteiger partial charge on any atom is -0.356 e. The Morgan fingerprint density at radius 2 is 1.79 bits per heavy atom. The van der Waals surface area contributed by atoms with Crippen LogP contribution in [0.4, 0.5) is 10.1 Å². The van der Waals surface area contributed by atoms with Gasteiger partial charge in [0.05, 0.1) is 12.1 Å². The van der Waals surface area contributed by atoms with E-state index in [1.807, 2.05) is 26.2 Å². The Morgan fingerprint density at radius 3 is 2.51 bits per heavy atom. The van der Waals surface area contributed by atoms with Gasteiger partial charge in [-0.1, -0.05) is 41.6 Å². The lowest BCUT2D eigenvalue weighted by Gasteiger charge is -2.32. The van der Waals surface area contributed by atoms with Gasteiger partial charge < -0.3 is 14.7 Å². The summed E-state index contributed by atoms with van der Waals surface area (Å²) in [6.07, 6.45) is 4.62. The molecular formula is C32H37FN4O2. The first-order chi connectivity index (χ1) is 18.9. The molecule has 39 heavy (non-hydrogen) atoms. The van der Waals surface area contributed by atoms with Crippen LogP contribution in [0.5, 0.6) is 0 Å². The molecule has 0 bridgehead atoms. The number of aromatic nitrogens is 1. The summed E-state index contributed by atoms with van der Waals surface area (Å²) in [6, 6.07) is 20.6. The van der Waals surface area contributed by atoms with E-state index in [9.17, 15) is 9.18 Å². The van der Waals surface area contributed by atoms with Gasteiger partial charge in [0.15, 0.2) is 5.58 Å². The number of nitrogens with one attached hydrogen (secondary N) is 1.